The lowest BCUT2D eigenvalue weighted by Crippen LogP contribution is -2.32. The van der Waals surface area contributed by atoms with E-state index >= 15 is 0 Å². The number of ether oxygens (including phenoxy) is 2. The largest absolute Gasteiger partial charge is 0.573 e. The van der Waals surface area contributed by atoms with Gasteiger partial charge in [-0.25, -0.2) is 0 Å². The van der Waals surface area contributed by atoms with Gasteiger partial charge in [-0.15, -0.1) is 13.2 Å². The smallest absolute Gasteiger partial charge is 0.496 e. The second-order valence-electron chi connectivity index (χ2n) is 10.3. The summed E-state index contributed by atoms with van der Waals surface area (Å²) in [6.45, 7) is 14.0. The van der Waals surface area contributed by atoms with Crippen LogP contribution in [-0.2, 0) is 16.6 Å². The van der Waals surface area contributed by atoms with Crippen molar-refractivity contribution in [3.63, 3.8) is 0 Å². The van der Waals surface area contributed by atoms with Crippen molar-refractivity contribution in [3.8, 4) is 17.1 Å². The van der Waals surface area contributed by atoms with Crippen LogP contribution in [0.4, 0.5) is 13.2 Å². The predicted molar refractivity (Wildman–Crippen MR) is 135 cm³/mol. The molecule has 1 heterocycles. The van der Waals surface area contributed by atoms with Crippen molar-refractivity contribution in [2.45, 2.75) is 84.1 Å². The van der Waals surface area contributed by atoms with Gasteiger partial charge in [0.25, 0.3) is 0 Å². The van der Waals surface area contributed by atoms with E-state index < -0.39 is 12.0 Å². The van der Waals surface area contributed by atoms with E-state index in [4.69, 9.17) is 9.15 Å². The molecular formula is C29H35F3O3. The van der Waals surface area contributed by atoms with Crippen molar-refractivity contribution in [2.24, 2.45) is 0 Å². The van der Waals surface area contributed by atoms with Gasteiger partial charge in [0, 0.05) is 5.39 Å². The van der Waals surface area contributed by atoms with Gasteiger partial charge in [-0.3, -0.25) is 0 Å². The third kappa shape index (κ3) is 7.06. The highest BCUT2D eigenvalue weighted by molar-refractivity contribution is 5.85. The highest BCUT2D eigenvalue weighted by Crippen LogP contribution is 2.40. The van der Waals surface area contributed by atoms with Gasteiger partial charge in [-0.1, -0.05) is 58.4 Å². The minimum absolute atomic E-state index is 0.238. The van der Waals surface area contributed by atoms with Gasteiger partial charge >= 0.3 is 6.36 Å². The van der Waals surface area contributed by atoms with Crippen molar-refractivity contribution in [3.05, 3.63) is 66.4 Å². The summed E-state index contributed by atoms with van der Waals surface area (Å²) in [5.41, 5.74) is 2.10. The molecule has 0 amide bonds. The van der Waals surface area contributed by atoms with E-state index in [9.17, 15) is 13.2 Å². The molecule has 0 saturated heterocycles. The minimum Gasteiger partial charge on any atom is -0.496 e. The normalized spacial score (nSPS) is 12.7. The van der Waals surface area contributed by atoms with E-state index in [1.807, 2.05) is 38.1 Å². The number of hydrogen-bond donors (Lipinski definition) is 0. The Balaban J connectivity index is 1.97. The Kier molecular flexibility index (Phi) is 7.93. The number of hydrogen-bond acceptors (Lipinski definition) is 3. The Morgan fingerprint density at radius 2 is 1.71 bits per heavy atom. The maximum atomic E-state index is 13.2. The van der Waals surface area contributed by atoms with Crippen LogP contribution in [0.1, 0.15) is 71.4 Å². The summed E-state index contributed by atoms with van der Waals surface area (Å²) >= 11 is 0. The van der Waals surface area contributed by atoms with Crippen LogP contribution in [0.15, 0.2) is 59.7 Å². The SMILES string of the molecule is C=COC(C)(C)CC(C)(C)c1ccc2cc(-c3ccc(CCCCC)cc3OC(F)(F)F)oc2c1. The predicted octanol–water partition coefficient (Wildman–Crippen LogP) is 9.34. The van der Waals surface area contributed by atoms with Gasteiger partial charge in [0.2, 0.25) is 0 Å². The molecule has 0 atom stereocenters. The van der Waals surface area contributed by atoms with E-state index in [0.717, 1.165) is 42.2 Å². The zero-order valence-electron chi connectivity index (χ0n) is 21.2. The summed E-state index contributed by atoms with van der Waals surface area (Å²) in [5.74, 6) is 0.0964. The van der Waals surface area contributed by atoms with Crippen molar-refractivity contribution >= 4 is 11.0 Å². The summed E-state index contributed by atoms with van der Waals surface area (Å²) in [7, 11) is 0. The topological polar surface area (TPSA) is 31.6 Å². The molecular weight excluding hydrogens is 453 g/mol. The molecule has 0 N–H and O–H groups in total. The van der Waals surface area contributed by atoms with E-state index in [0.29, 0.717) is 17.8 Å². The van der Waals surface area contributed by atoms with Gasteiger partial charge in [-0.05, 0) is 73.9 Å². The molecule has 6 heteroatoms. The highest BCUT2D eigenvalue weighted by atomic mass is 19.4. The summed E-state index contributed by atoms with van der Waals surface area (Å²) in [4.78, 5) is 0. The standard InChI is InChI=1S/C29H35F3O3/c1-7-9-10-11-20-12-15-23(26(16-20)35-29(30,31)32)25-17-21-13-14-22(18-24(21)34-25)27(3,4)19-28(5,6)33-8-2/h8,12-18H,2,7,9-11,19H2,1,3-6H3. The molecule has 190 valence electrons. The van der Waals surface area contributed by atoms with Crippen LogP contribution in [0.3, 0.4) is 0 Å². The summed E-state index contributed by atoms with van der Waals surface area (Å²) in [5, 5.41) is 0.811. The van der Waals surface area contributed by atoms with E-state index in [1.54, 1.807) is 12.1 Å². The summed E-state index contributed by atoms with van der Waals surface area (Å²) < 4.78 is 55.7. The van der Waals surface area contributed by atoms with Crippen molar-refractivity contribution in [2.75, 3.05) is 0 Å². The van der Waals surface area contributed by atoms with Crippen molar-refractivity contribution in [1.82, 2.24) is 0 Å². The van der Waals surface area contributed by atoms with Crippen LogP contribution >= 0.6 is 0 Å². The lowest BCUT2D eigenvalue weighted by molar-refractivity contribution is -0.274. The number of alkyl halides is 3. The number of halogens is 3. The van der Waals surface area contributed by atoms with Crippen molar-refractivity contribution in [1.29, 1.82) is 0 Å². The molecule has 2 aromatic carbocycles. The molecule has 1 aromatic heterocycles. The number of rotatable bonds is 11. The molecule has 0 spiro atoms. The fourth-order valence-corrected chi connectivity index (χ4v) is 4.73. The maximum absolute atomic E-state index is 13.2. The number of fused-ring (bicyclic) bond motifs is 1. The first-order chi connectivity index (χ1) is 16.3. The molecule has 35 heavy (non-hydrogen) atoms. The van der Waals surface area contributed by atoms with E-state index in [-0.39, 0.29) is 16.7 Å². The first kappa shape index (κ1) is 26.7. The van der Waals surface area contributed by atoms with Gasteiger partial charge in [0.1, 0.15) is 22.7 Å². The third-order valence-electron chi connectivity index (χ3n) is 6.18. The monoisotopic (exact) mass is 488 g/mol. The number of benzene rings is 2. The van der Waals surface area contributed by atoms with Crippen LogP contribution in [0.5, 0.6) is 5.75 Å². The molecule has 3 nitrogen and oxygen atoms in total. The third-order valence-corrected chi connectivity index (χ3v) is 6.18. The molecule has 0 radical (unpaired) electrons. The van der Waals surface area contributed by atoms with Crippen LogP contribution in [0.25, 0.3) is 22.3 Å². The van der Waals surface area contributed by atoms with E-state index in [1.165, 1.54) is 12.3 Å². The molecule has 3 aromatic rings. The molecule has 0 aliphatic rings. The van der Waals surface area contributed by atoms with Crippen molar-refractivity contribution < 1.29 is 27.1 Å². The molecule has 0 unspecified atom stereocenters. The Morgan fingerprint density at radius 1 is 0.971 bits per heavy atom. The second-order valence-corrected chi connectivity index (χ2v) is 10.3. The van der Waals surface area contributed by atoms with Gasteiger partial charge < -0.3 is 13.9 Å². The second kappa shape index (κ2) is 10.4. The lowest BCUT2D eigenvalue weighted by atomic mass is 9.76. The molecule has 0 saturated carbocycles. The fourth-order valence-electron chi connectivity index (χ4n) is 4.73. The van der Waals surface area contributed by atoms with Crippen LogP contribution in [0, 0.1) is 0 Å². The number of unbranched alkanes of at least 4 members (excludes halogenated alkanes) is 2. The zero-order valence-corrected chi connectivity index (χ0v) is 21.2. The number of furan rings is 1. The molecule has 3 rings (SSSR count). The maximum Gasteiger partial charge on any atom is 0.573 e. The fraction of sp³-hybridized carbons (Fsp3) is 0.448. The first-order valence-corrected chi connectivity index (χ1v) is 12.1. The average molecular weight is 489 g/mol. The first-order valence-electron chi connectivity index (χ1n) is 12.1. The van der Waals surface area contributed by atoms with Gasteiger partial charge in [0.05, 0.1) is 11.8 Å². The Labute approximate surface area is 205 Å². The van der Waals surface area contributed by atoms with Gasteiger partial charge in [0.15, 0.2) is 0 Å². The minimum atomic E-state index is -4.79. The van der Waals surface area contributed by atoms with Crippen LogP contribution in [0.2, 0.25) is 0 Å². The quantitative estimate of drug-likeness (QED) is 0.199. The highest BCUT2D eigenvalue weighted by Gasteiger charge is 2.33. The summed E-state index contributed by atoms with van der Waals surface area (Å²) in [6.07, 6.45) is 1.07. The van der Waals surface area contributed by atoms with Gasteiger partial charge in [-0.2, -0.15) is 0 Å². The molecule has 0 fully saturated rings. The zero-order chi connectivity index (χ0) is 25.9. The lowest BCUT2D eigenvalue weighted by Gasteiger charge is -2.34. The molecule has 0 aliphatic heterocycles. The Morgan fingerprint density at radius 3 is 2.37 bits per heavy atom. The van der Waals surface area contributed by atoms with Crippen LogP contribution < -0.4 is 4.74 Å². The molecule has 0 bridgehead atoms. The van der Waals surface area contributed by atoms with E-state index in [2.05, 4.69) is 32.1 Å². The average Bonchev–Trinajstić information content (AvgIpc) is 3.15. The number of aryl methyl sites for hydroxylation is 1. The molecule has 0 aliphatic carbocycles. The van der Waals surface area contributed by atoms with Crippen LogP contribution in [-0.4, -0.2) is 12.0 Å². The summed E-state index contributed by atoms with van der Waals surface area (Å²) in [6, 6.07) is 12.6. The Hall–Kier alpha value is -2.89. The Bertz CT molecular complexity index is 1160.